The molecule has 0 aromatic heterocycles. The number of carbonyl (C=O) groups excluding carboxylic acids is 1. The van der Waals surface area contributed by atoms with Crippen molar-refractivity contribution in [2.75, 3.05) is 26.8 Å². The molecule has 0 saturated carbocycles. The number of ether oxygens (including phenoxy) is 1. The standard InChI is InChI=1S/C15H23NO2/c1-3-18-13-15(17)16(2)12-8-7-11-14-9-5-4-6-10-14/h4-6,9-10H,3,7-8,11-13H2,1-2H3. The smallest absolute Gasteiger partial charge is 0.248 e. The Morgan fingerprint density at radius 3 is 2.61 bits per heavy atom. The monoisotopic (exact) mass is 249 g/mol. The summed E-state index contributed by atoms with van der Waals surface area (Å²) in [6, 6.07) is 10.4. The summed E-state index contributed by atoms with van der Waals surface area (Å²) in [6.45, 7) is 3.49. The van der Waals surface area contributed by atoms with Gasteiger partial charge in [-0.05, 0) is 31.7 Å². The molecule has 0 fully saturated rings. The van der Waals surface area contributed by atoms with Crippen LogP contribution in [0.4, 0.5) is 0 Å². The Kier molecular flexibility index (Phi) is 7.11. The Morgan fingerprint density at radius 2 is 1.94 bits per heavy atom. The van der Waals surface area contributed by atoms with Crippen molar-refractivity contribution < 1.29 is 9.53 Å². The normalized spacial score (nSPS) is 10.3. The lowest BCUT2D eigenvalue weighted by molar-refractivity contribution is -0.134. The second-order valence-corrected chi connectivity index (χ2v) is 4.40. The maximum atomic E-state index is 11.6. The Hall–Kier alpha value is -1.35. The molecule has 1 aromatic rings. The second-order valence-electron chi connectivity index (χ2n) is 4.40. The summed E-state index contributed by atoms with van der Waals surface area (Å²) in [7, 11) is 1.84. The number of carbonyl (C=O) groups is 1. The number of unbranched alkanes of at least 4 members (excludes halogenated alkanes) is 1. The van der Waals surface area contributed by atoms with Crippen LogP contribution in [0, 0.1) is 0 Å². The van der Waals surface area contributed by atoms with Gasteiger partial charge in [0.05, 0.1) is 0 Å². The summed E-state index contributed by atoms with van der Waals surface area (Å²) >= 11 is 0. The third kappa shape index (κ3) is 5.82. The van der Waals surface area contributed by atoms with Gasteiger partial charge in [-0.2, -0.15) is 0 Å². The van der Waals surface area contributed by atoms with E-state index < -0.39 is 0 Å². The molecular formula is C15H23NO2. The number of rotatable bonds is 8. The molecule has 3 nitrogen and oxygen atoms in total. The summed E-state index contributed by atoms with van der Waals surface area (Å²) in [5.41, 5.74) is 1.36. The molecule has 0 atom stereocenters. The molecule has 1 rings (SSSR count). The van der Waals surface area contributed by atoms with E-state index in [9.17, 15) is 4.79 Å². The third-order valence-electron chi connectivity index (χ3n) is 2.91. The summed E-state index contributed by atoms with van der Waals surface area (Å²) in [5.74, 6) is 0.0663. The van der Waals surface area contributed by atoms with E-state index in [2.05, 4.69) is 24.3 Å². The fourth-order valence-corrected chi connectivity index (χ4v) is 1.75. The lowest BCUT2D eigenvalue weighted by Gasteiger charge is -2.16. The summed E-state index contributed by atoms with van der Waals surface area (Å²) < 4.78 is 5.10. The number of amides is 1. The largest absolute Gasteiger partial charge is 0.372 e. The minimum absolute atomic E-state index is 0.0663. The van der Waals surface area contributed by atoms with E-state index in [1.807, 2.05) is 20.0 Å². The van der Waals surface area contributed by atoms with E-state index in [0.29, 0.717) is 6.61 Å². The number of hydrogen-bond donors (Lipinski definition) is 0. The highest BCUT2D eigenvalue weighted by atomic mass is 16.5. The fraction of sp³-hybridized carbons (Fsp3) is 0.533. The van der Waals surface area contributed by atoms with Crippen LogP contribution in [-0.4, -0.2) is 37.6 Å². The first-order valence-electron chi connectivity index (χ1n) is 6.59. The molecule has 0 saturated heterocycles. The average Bonchev–Trinajstić information content (AvgIpc) is 2.41. The van der Waals surface area contributed by atoms with Crippen molar-refractivity contribution in [3.8, 4) is 0 Å². The van der Waals surface area contributed by atoms with Crippen LogP contribution >= 0.6 is 0 Å². The Labute approximate surface area is 110 Å². The molecule has 100 valence electrons. The lowest BCUT2D eigenvalue weighted by atomic mass is 10.1. The Balaban J connectivity index is 2.12. The van der Waals surface area contributed by atoms with E-state index in [0.717, 1.165) is 25.8 Å². The number of aryl methyl sites for hydroxylation is 1. The predicted octanol–water partition coefficient (Wildman–Crippen LogP) is 2.50. The molecule has 3 heteroatoms. The molecule has 0 aliphatic carbocycles. The molecule has 18 heavy (non-hydrogen) atoms. The molecule has 0 radical (unpaired) electrons. The van der Waals surface area contributed by atoms with Crippen LogP contribution < -0.4 is 0 Å². The van der Waals surface area contributed by atoms with Crippen molar-refractivity contribution in [1.82, 2.24) is 4.90 Å². The highest BCUT2D eigenvalue weighted by molar-refractivity contribution is 5.77. The van der Waals surface area contributed by atoms with Crippen molar-refractivity contribution in [3.63, 3.8) is 0 Å². The highest BCUT2D eigenvalue weighted by Crippen LogP contribution is 2.05. The van der Waals surface area contributed by atoms with Crippen LogP contribution in [0.5, 0.6) is 0 Å². The third-order valence-corrected chi connectivity index (χ3v) is 2.91. The molecule has 0 N–H and O–H groups in total. The van der Waals surface area contributed by atoms with Crippen molar-refractivity contribution in [2.45, 2.75) is 26.2 Å². The molecule has 0 aliphatic rings. The molecule has 0 unspecified atom stereocenters. The van der Waals surface area contributed by atoms with Crippen LogP contribution in [-0.2, 0) is 16.0 Å². The van der Waals surface area contributed by atoms with Crippen LogP contribution in [0.3, 0.4) is 0 Å². The number of hydrogen-bond acceptors (Lipinski definition) is 2. The molecule has 0 spiro atoms. The highest BCUT2D eigenvalue weighted by Gasteiger charge is 2.07. The van der Waals surface area contributed by atoms with E-state index in [4.69, 9.17) is 4.74 Å². The molecular weight excluding hydrogens is 226 g/mol. The van der Waals surface area contributed by atoms with Gasteiger partial charge in [0, 0.05) is 20.2 Å². The Bertz CT molecular complexity index is 338. The lowest BCUT2D eigenvalue weighted by Crippen LogP contribution is -2.31. The first-order valence-corrected chi connectivity index (χ1v) is 6.59. The van der Waals surface area contributed by atoms with Crippen molar-refractivity contribution in [3.05, 3.63) is 35.9 Å². The van der Waals surface area contributed by atoms with Crippen LogP contribution in [0.1, 0.15) is 25.3 Å². The molecule has 1 aromatic carbocycles. The second kappa shape index (κ2) is 8.70. The maximum absolute atomic E-state index is 11.6. The van der Waals surface area contributed by atoms with Gasteiger partial charge in [0.2, 0.25) is 5.91 Å². The number of benzene rings is 1. The SMILES string of the molecule is CCOCC(=O)N(C)CCCCc1ccccc1. The first kappa shape index (κ1) is 14.7. The van der Waals surface area contributed by atoms with Crippen LogP contribution in [0.25, 0.3) is 0 Å². The summed E-state index contributed by atoms with van der Waals surface area (Å²) in [5, 5.41) is 0. The molecule has 0 aliphatic heterocycles. The zero-order valence-corrected chi connectivity index (χ0v) is 11.4. The predicted molar refractivity (Wildman–Crippen MR) is 73.5 cm³/mol. The van der Waals surface area contributed by atoms with Gasteiger partial charge < -0.3 is 9.64 Å². The van der Waals surface area contributed by atoms with Crippen LogP contribution in [0.2, 0.25) is 0 Å². The van der Waals surface area contributed by atoms with Crippen molar-refractivity contribution in [2.24, 2.45) is 0 Å². The first-order chi connectivity index (χ1) is 8.74. The van der Waals surface area contributed by atoms with E-state index in [1.165, 1.54) is 5.56 Å². The van der Waals surface area contributed by atoms with Gasteiger partial charge in [-0.15, -0.1) is 0 Å². The maximum Gasteiger partial charge on any atom is 0.248 e. The summed E-state index contributed by atoms with van der Waals surface area (Å²) in [6.07, 6.45) is 3.22. The zero-order chi connectivity index (χ0) is 13.2. The topological polar surface area (TPSA) is 29.5 Å². The van der Waals surface area contributed by atoms with Gasteiger partial charge in [-0.1, -0.05) is 30.3 Å². The Morgan fingerprint density at radius 1 is 1.22 bits per heavy atom. The molecule has 1 amide bonds. The van der Waals surface area contributed by atoms with Gasteiger partial charge in [0.25, 0.3) is 0 Å². The number of likely N-dealkylation sites (N-methyl/N-ethyl adjacent to an activating group) is 1. The van der Waals surface area contributed by atoms with Gasteiger partial charge in [0.1, 0.15) is 6.61 Å². The zero-order valence-electron chi connectivity index (χ0n) is 11.4. The minimum Gasteiger partial charge on any atom is -0.372 e. The quantitative estimate of drug-likeness (QED) is 0.662. The van der Waals surface area contributed by atoms with Gasteiger partial charge >= 0.3 is 0 Å². The van der Waals surface area contributed by atoms with Crippen molar-refractivity contribution in [1.29, 1.82) is 0 Å². The summed E-state index contributed by atoms with van der Waals surface area (Å²) in [4.78, 5) is 13.3. The van der Waals surface area contributed by atoms with E-state index in [1.54, 1.807) is 4.90 Å². The van der Waals surface area contributed by atoms with Crippen LogP contribution in [0.15, 0.2) is 30.3 Å². The number of nitrogens with zero attached hydrogens (tertiary/aromatic N) is 1. The van der Waals surface area contributed by atoms with E-state index >= 15 is 0 Å². The fourth-order valence-electron chi connectivity index (χ4n) is 1.75. The molecule has 0 heterocycles. The average molecular weight is 249 g/mol. The molecule has 0 bridgehead atoms. The minimum atomic E-state index is 0.0663. The van der Waals surface area contributed by atoms with Gasteiger partial charge in [-0.3, -0.25) is 4.79 Å². The van der Waals surface area contributed by atoms with E-state index in [-0.39, 0.29) is 12.5 Å². The van der Waals surface area contributed by atoms with Crippen molar-refractivity contribution >= 4 is 5.91 Å². The van der Waals surface area contributed by atoms with Gasteiger partial charge in [0.15, 0.2) is 0 Å². The van der Waals surface area contributed by atoms with Gasteiger partial charge in [-0.25, -0.2) is 0 Å².